The molecule has 1 atom stereocenters. The minimum atomic E-state index is -0.408. The van der Waals surface area contributed by atoms with E-state index < -0.39 is 6.04 Å². The summed E-state index contributed by atoms with van der Waals surface area (Å²) in [5.41, 5.74) is 6.41. The number of hydrogen-bond acceptors (Lipinski definition) is 5. The zero-order valence-electron chi connectivity index (χ0n) is 8.63. The quantitative estimate of drug-likeness (QED) is 0.735. The van der Waals surface area contributed by atoms with Gasteiger partial charge >= 0.3 is 0 Å². The molecule has 0 radical (unpaired) electrons. The molecule has 1 aromatic rings. The number of nitrogens with zero attached hydrogens (tertiary/aromatic N) is 3. The van der Waals surface area contributed by atoms with Crippen molar-refractivity contribution in [1.29, 1.82) is 0 Å². The van der Waals surface area contributed by atoms with Crippen molar-refractivity contribution in [2.45, 2.75) is 18.9 Å². The van der Waals surface area contributed by atoms with Crippen molar-refractivity contribution in [2.24, 2.45) is 5.73 Å². The molecule has 0 aliphatic carbocycles. The number of rotatable bonds is 3. The molecular formula is C10H16N4O. The summed E-state index contributed by atoms with van der Waals surface area (Å²) in [5, 5.41) is 8.95. The molecule has 2 heterocycles. The standard InChI is InChI=1S/C10H16N4O/c11-8(7-15)9-3-4-12-10(13-9)14-5-1-2-6-14/h3-4,8,15H,1-2,5-7,11H2. The summed E-state index contributed by atoms with van der Waals surface area (Å²) in [6.45, 7) is 1.94. The maximum Gasteiger partial charge on any atom is 0.225 e. The van der Waals surface area contributed by atoms with Crippen LogP contribution in [0.2, 0.25) is 0 Å². The summed E-state index contributed by atoms with van der Waals surface area (Å²) in [4.78, 5) is 10.7. The summed E-state index contributed by atoms with van der Waals surface area (Å²) >= 11 is 0. The first-order valence-electron chi connectivity index (χ1n) is 5.25. The Labute approximate surface area is 88.9 Å². The first-order chi connectivity index (χ1) is 7.31. The van der Waals surface area contributed by atoms with Gasteiger partial charge in [-0.25, -0.2) is 9.97 Å². The second-order valence-electron chi connectivity index (χ2n) is 3.76. The predicted octanol–water partition coefficient (Wildman–Crippen LogP) is 0.0689. The van der Waals surface area contributed by atoms with Crippen LogP contribution in [0.1, 0.15) is 24.6 Å². The van der Waals surface area contributed by atoms with Crippen LogP contribution in [-0.2, 0) is 0 Å². The molecule has 0 saturated carbocycles. The highest BCUT2D eigenvalue weighted by Gasteiger charge is 2.16. The van der Waals surface area contributed by atoms with Gasteiger partial charge in [0.2, 0.25) is 5.95 Å². The van der Waals surface area contributed by atoms with Crippen molar-refractivity contribution in [2.75, 3.05) is 24.6 Å². The fourth-order valence-corrected chi connectivity index (χ4v) is 1.73. The molecular weight excluding hydrogens is 192 g/mol. The first-order valence-corrected chi connectivity index (χ1v) is 5.25. The lowest BCUT2D eigenvalue weighted by Gasteiger charge is -2.16. The van der Waals surface area contributed by atoms with Gasteiger partial charge in [0.1, 0.15) is 0 Å². The van der Waals surface area contributed by atoms with Crippen LogP contribution in [-0.4, -0.2) is 34.8 Å². The predicted molar refractivity (Wildman–Crippen MR) is 57.5 cm³/mol. The Morgan fingerprint density at radius 1 is 1.47 bits per heavy atom. The van der Waals surface area contributed by atoms with E-state index in [0.717, 1.165) is 19.0 Å². The maximum absolute atomic E-state index is 8.95. The van der Waals surface area contributed by atoms with E-state index in [1.54, 1.807) is 12.3 Å². The summed E-state index contributed by atoms with van der Waals surface area (Å²) < 4.78 is 0. The molecule has 0 aromatic carbocycles. The van der Waals surface area contributed by atoms with Crippen molar-refractivity contribution in [3.05, 3.63) is 18.0 Å². The highest BCUT2D eigenvalue weighted by atomic mass is 16.3. The van der Waals surface area contributed by atoms with E-state index in [1.807, 2.05) is 0 Å². The third-order valence-corrected chi connectivity index (χ3v) is 2.63. The zero-order chi connectivity index (χ0) is 10.7. The van der Waals surface area contributed by atoms with Crippen LogP contribution in [0.5, 0.6) is 0 Å². The van der Waals surface area contributed by atoms with Crippen LogP contribution >= 0.6 is 0 Å². The molecule has 1 aliphatic rings. The van der Waals surface area contributed by atoms with E-state index in [4.69, 9.17) is 10.8 Å². The van der Waals surface area contributed by atoms with Gasteiger partial charge in [-0.15, -0.1) is 0 Å². The third-order valence-electron chi connectivity index (χ3n) is 2.63. The lowest BCUT2D eigenvalue weighted by Crippen LogP contribution is -2.23. The van der Waals surface area contributed by atoms with Crippen molar-refractivity contribution in [3.63, 3.8) is 0 Å². The van der Waals surface area contributed by atoms with Crippen LogP contribution in [0.4, 0.5) is 5.95 Å². The van der Waals surface area contributed by atoms with E-state index >= 15 is 0 Å². The third kappa shape index (κ3) is 2.24. The molecule has 2 rings (SSSR count). The average Bonchev–Trinajstić information content (AvgIpc) is 2.82. The van der Waals surface area contributed by atoms with Gasteiger partial charge in [0.15, 0.2) is 0 Å². The molecule has 3 N–H and O–H groups in total. The molecule has 0 spiro atoms. The SMILES string of the molecule is NC(CO)c1ccnc(N2CCCC2)n1. The smallest absolute Gasteiger partial charge is 0.225 e. The highest BCUT2D eigenvalue weighted by molar-refractivity contribution is 5.32. The number of aromatic nitrogens is 2. The average molecular weight is 208 g/mol. The van der Waals surface area contributed by atoms with Crippen LogP contribution in [0.25, 0.3) is 0 Å². The second kappa shape index (κ2) is 4.55. The monoisotopic (exact) mass is 208 g/mol. The molecule has 0 bridgehead atoms. The molecule has 82 valence electrons. The molecule has 1 aromatic heterocycles. The van der Waals surface area contributed by atoms with Crippen LogP contribution < -0.4 is 10.6 Å². The fourth-order valence-electron chi connectivity index (χ4n) is 1.73. The summed E-state index contributed by atoms with van der Waals surface area (Å²) in [6.07, 6.45) is 4.09. The Bertz CT molecular complexity index is 325. The Morgan fingerprint density at radius 3 is 2.87 bits per heavy atom. The molecule has 0 amide bonds. The molecule has 1 saturated heterocycles. The van der Waals surface area contributed by atoms with Crippen molar-refractivity contribution in [1.82, 2.24) is 9.97 Å². The fraction of sp³-hybridized carbons (Fsp3) is 0.600. The van der Waals surface area contributed by atoms with E-state index in [1.165, 1.54) is 12.8 Å². The van der Waals surface area contributed by atoms with E-state index in [-0.39, 0.29) is 6.61 Å². The Hall–Kier alpha value is -1.20. The normalized spacial score (nSPS) is 18.1. The van der Waals surface area contributed by atoms with Gasteiger partial charge in [-0.2, -0.15) is 0 Å². The van der Waals surface area contributed by atoms with E-state index in [2.05, 4.69) is 14.9 Å². The molecule has 15 heavy (non-hydrogen) atoms. The van der Waals surface area contributed by atoms with Gasteiger partial charge in [-0.1, -0.05) is 0 Å². The lowest BCUT2D eigenvalue weighted by molar-refractivity contribution is 0.266. The number of hydrogen-bond donors (Lipinski definition) is 2. The number of aliphatic hydroxyl groups excluding tert-OH is 1. The van der Waals surface area contributed by atoms with Crippen molar-refractivity contribution in [3.8, 4) is 0 Å². The van der Waals surface area contributed by atoms with E-state index in [9.17, 15) is 0 Å². The van der Waals surface area contributed by atoms with E-state index in [0.29, 0.717) is 5.69 Å². The minimum absolute atomic E-state index is 0.0869. The van der Waals surface area contributed by atoms with Gasteiger partial charge in [0.05, 0.1) is 18.3 Å². The van der Waals surface area contributed by atoms with Gasteiger partial charge in [-0.3, -0.25) is 0 Å². The Balaban J connectivity index is 2.18. The molecule has 5 nitrogen and oxygen atoms in total. The maximum atomic E-state index is 8.95. The van der Waals surface area contributed by atoms with Gasteiger partial charge in [-0.05, 0) is 18.9 Å². The Morgan fingerprint density at radius 2 is 2.20 bits per heavy atom. The zero-order valence-corrected chi connectivity index (χ0v) is 8.63. The number of aliphatic hydroxyl groups is 1. The molecule has 1 fully saturated rings. The van der Waals surface area contributed by atoms with Gasteiger partial charge in [0, 0.05) is 19.3 Å². The highest BCUT2D eigenvalue weighted by Crippen LogP contribution is 2.16. The van der Waals surface area contributed by atoms with Crippen molar-refractivity contribution < 1.29 is 5.11 Å². The van der Waals surface area contributed by atoms with Crippen LogP contribution in [0.15, 0.2) is 12.3 Å². The second-order valence-corrected chi connectivity index (χ2v) is 3.76. The topological polar surface area (TPSA) is 75.3 Å². The first kappa shape index (κ1) is 10.3. The number of nitrogens with two attached hydrogens (primary N) is 1. The van der Waals surface area contributed by atoms with Gasteiger partial charge < -0.3 is 15.7 Å². The molecule has 1 unspecified atom stereocenters. The van der Waals surface area contributed by atoms with Gasteiger partial charge in [0.25, 0.3) is 0 Å². The van der Waals surface area contributed by atoms with Crippen LogP contribution in [0, 0.1) is 0 Å². The van der Waals surface area contributed by atoms with Crippen molar-refractivity contribution >= 4 is 5.95 Å². The lowest BCUT2D eigenvalue weighted by atomic mass is 10.2. The largest absolute Gasteiger partial charge is 0.394 e. The Kier molecular flexibility index (Phi) is 3.13. The number of anilines is 1. The summed E-state index contributed by atoms with van der Waals surface area (Å²) in [7, 11) is 0. The minimum Gasteiger partial charge on any atom is -0.394 e. The molecule has 1 aliphatic heterocycles. The molecule has 5 heteroatoms. The van der Waals surface area contributed by atoms with Crippen LogP contribution in [0.3, 0.4) is 0 Å². The summed E-state index contributed by atoms with van der Waals surface area (Å²) in [6, 6.07) is 1.34. The summed E-state index contributed by atoms with van der Waals surface area (Å²) in [5.74, 6) is 0.730.